The van der Waals surface area contributed by atoms with Crippen LogP contribution in [0.3, 0.4) is 0 Å². The maximum Gasteiger partial charge on any atom is 0.161 e. The third kappa shape index (κ3) is 3.01. The lowest BCUT2D eigenvalue weighted by Crippen LogP contribution is -2.04. The molecule has 0 aliphatic rings. The van der Waals surface area contributed by atoms with Gasteiger partial charge in [-0.25, -0.2) is 13.2 Å². The Labute approximate surface area is 110 Å². The van der Waals surface area contributed by atoms with Gasteiger partial charge in [-0.3, -0.25) is 4.98 Å². The predicted octanol–water partition coefficient (Wildman–Crippen LogP) is 3.87. The lowest BCUT2D eigenvalue weighted by Gasteiger charge is -2.08. The highest BCUT2D eigenvalue weighted by molar-refractivity contribution is 9.10. The van der Waals surface area contributed by atoms with Crippen LogP contribution >= 0.6 is 15.9 Å². The average molecular weight is 317 g/mol. The van der Waals surface area contributed by atoms with Crippen molar-refractivity contribution in [1.82, 2.24) is 4.98 Å². The van der Waals surface area contributed by atoms with Gasteiger partial charge in [-0.1, -0.05) is 0 Å². The largest absolute Gasteiger partial charge is 0.380 e. The number of rotatable bonds is 3. The third-order valence-corrected chi connectivity index (χ3v) is 2.71. The predicted molar refractivity (Wildman–Crippen MR) is 65.6 cm³/mol. The number of nitrogens with zero attached hydrogens (tertiary/aromatic N) is 1. The van der Waals surface area contributed by atoms with E-state index < -0.39 is 17.5 Å². The van der Waals surface area contributed by atoms with Crippen LogP contribution in [0.4, 0.5) is 18.9 Å². The molecule has 6 heteroatoms. The van der Waals surface area contributed by atoms with Crippen LogP contribution in [0.25, 0.3) is 0 Å². The molecule has 0 radical (unpaired) electrons. The van der Waals surface area contributed by atoms with Crippen molar-refractivity contribution in [3.8, 4) is 0 Å². The molecule has 2 aromatic rings. The average Bonchev–Trinajstić information content (AvgIpc) is 2.32. The van der Waals surface area contributed by atoms with Crippen molar-refractivity contribution in [3.63, 3.8) is 0 Å². The summed E-state index contributed by atoms with van der Waals surface area (Å²) in [5.41, 5.74) is 0.697. The Morgan fingerprint density at radius 1 is 1.00 bits per heavy atom. The second-order valence-corrected chi connectivity index (χ2v) is 4.52. The van der Waals surface area contributed by atoms with Gasteiger partial charge in [-0.15, -0.1) is 0 Å². The Morgan fingerprint density at radius 2 is 1.72 bits per heavy atom. The van der Waals surface area contributed by atoms with Crippen molar-refractivity contribution >= 4 is 21.6 Å². The molecule has 0 aliphatic heterocycles. The van der Waals surface area contributed by atoms with E-state index in [1.807, 2.05) is 0 Å². The normalized spacial score (nSPS) is 10.4. The molecule has 0 atom stereocenters. The van der Waals surface area contributed by atoms with Gasteiger partial charge >= 0.3 is 0 Å². The SMILES string of the molecule is Fc1cc(F)c(CNc2cncc(Br)c2)cc1F. The minimum Gasteiger partial charge on any atom is -0.380 e. The van der Waals surface area contributed by atoms with Gasteiger partial charge in [0, 0.05) is 28.8 Å². The maximum absolute atomic E-state index is 13.3. The molecule has 2 nitrogen and oxygen atoms in total. The van der Waals surface area contributed by atoms with Crippen molar-refractivity contribution < 1.29 is 13.2 Å². The molecule has 0 unspecified atom stereocenters. The minimum absolute atomic E-state index is 0.0428. The molecule has 0 fully saturated rings. The smallest absolute Gasteiger partial charge is 0.161 e. The molecule has 1 N–H and O–H groups in total. The van der Waals surface area contributed by atoms with Crippen LogP contribution in [0.1, 0.15) is 5.56 Å². The van der Waals surface area contributed by atoms with E-state index in [1.54, 1.807) is 18.5 Å². The highest BCUT2D eigenvalue weighted by atomic mass is 79.9. The van der Waals surface area contributed by atoms with E-state index >= 15 is 0 Å². The van der Waals surface area contributed by atoms with Gasteiger partial charge in [-0.05, 0) is 28.1 Å². The second-order valence-electron chi connectivity index (χ2n) is 3.60. The first kappa shape index (κ1) is 12.9. The molecule has 2 rings (SSSR count). The van der Waals surface area contributed by atoms with E-state index in [1.165, 1.54) is 0 Å². The van der Waals surface area contributed by atoms with E-state index in [2.05, 4.69) is 26.2 Å². The van der Waals surface area contributed by atoms with Gasteiger partial charge in [0.15, 0.2) is 11.6 Å². The van der Waals surface area contributed by atoms with Crippen molar-refractivity contribution in [3.05, 3.63) is 58.1 Å². The topological polar surface area (TPSA) is 24.9 Å². The first-order valence-corrected chi connectivity index (χ1v) is 5.83. The summed E-state index contributed by atoms with van der Waals surface area (Å²) in [5.74, 6) is -3.05. The second kappa shape index (κ2) is 5.39. The number of benzene rings is 1. The number of anilines is 1. The van der Waals surface area contributed by atoms with Crippen LogP contribution in [0.5, 0.6) is 0 Å². The molecule has 0 saturated heterocycles. The quantitative estimate of drug-likeness (QED) is 0.869. The Bertz CT molecular complexity index is 575. The zero-order valence-electron chi connectivity index (χ0n) is 9.05. The molecular formula is C12H8BrF3N2. The van der Waals surface area contributed by atoms with Crippen LogP contribution in [0, 0.1) is 17.5 Å². The van der Waals surface area contributed by atoms with E-state index in [0.717, 1.165) is 10.5 Å². The zero-order chi connectivity index (χ0) is 13.1. The third-order valence-electron chi connectivity index (χ3n) is 2.28. The monoisotopic (exact) mass is 316 g/mol. The first-order valence-electron chi connectivity index (χ1n) is 5.04. The highest BCUT2D eigenvalue weighted by Gasteiger charge is 2.09. The van der Waals surface area contributed by atoms with Gasteiger partial charge < -0.3 is 5.32 Å². The standard InChI is InChI=1S/C12H8BrF3N2/c13-8-2-9(6-17-5-8)18-4-7-1-11(15)12(16)3-10(7)14/h1-3,5-6,18H,4H2. The first-order chi connectivity index (χ1) is 8.56. The molecule has 94 valence electrons. The van der Waals surface area contributed by atoms with E-state index in [-0.39, 0.29) is 12.1 Å². The van der Waals surface area contributed by atoms with Gasteiger partial charge in [0.2, 0.25) is 0 Å². The van der Waals surface area contributed by atoms with Crippen molar-refractivity contribution in [2.24, 2.45) is 0 Å². The minimum atomic E-state index is -1.19. The van der Waals surface area contributed by atoms with Gasteiger partial charge in [0.25, 0.3) is 0 Å². The van der Waals surface area contributed by atoms with Crippen molar-refractivity contribution in [2.75, 3.05) is 5.32 Å². The molecular weight excluding hydrogens is 309 g/mol. The lowest BCUT2D eigenvalue weighted by molar-refractivity contribution is 0.490. The highest BCUT2D eigenvalue weighted by Crippen LogP contribution is 2.17. The van der Waals surface area contributed by atoms with Gasteiger partial charge in [0.1, 0.15) is 5.82 Å². The van der Waals surface area contributed by atoms with E-state index in [4.69, 9.17) is 0 Å². The number of aromatic nitrogens is 1. The number of halogens is 4. The molecule has 0 bridgehead atoms. The van der Waals surface area contributed by atoms with Crippen LogP contribution in [0.2, 0.25) is 0 Å². The molecule has 0 saturated carbocycles. The zero-order valence-corrected chi connectivity index (χ0v) is 10.6. The Morgan fingerprint density at radius 3 is 2.44 bits per heavy atom. The fraction of sp³-hybridized carbons (Fsp3) is 0.0833. The summed E-state index contributed by atoms with van der Waals surface area (Å²) in [6.07, 6.45) is 3.14. The molecule has 0 aliphatic carbocycles. The summed E-state index contributed by atoms with van der Waals surface area (Å²) in [6.45, 7) is 0.0428. The van der Waals surface area contributed by atoms with E-state index in [9.17, 15) is 13.2 Å². The van der Waals surface area contributed by atoms with Crippen molar-refractivity contribution in [2.45, 2.75) is 6.54 Å². The van der Waals surface area contributed by atoms with Crippen LogP contribution < -0.4 is 5.32 Å². The lowest BCUT2D eigenvalue weighted by atomic mass is 10.2. The summed E-state index contributed by atoms with van der Waals surface area (Å²) in [7, 11) is 0. The van der Waals surface area contributed by atoms with Crippen LogP contribution in [0.15, 0.2) is 35.1 Å². The summed E-state index contributed by atoms with van der Waals surface area (Å²) < 4.78 is 39.8. The van der Waals surface area contributed by atoms with E-state index in [0.29, 0.717) is 11.8 Å². The molecule has 1 heterocycles. The van der Waals surface area contributed by atoms with Gasteiger partial charge in [-0.2, -0.15) is 0 Å². The van der Waals surface area contributed by atoms with Crippen molar-refractivity contribution in [1.29, 1.82) is 0 Å². The molecule has 0 spiro atoms. The van der Waals surface area contributed by atoms with Crippen LogP contribution in [-0.4, -0.2) is 4.98 Å². The molecule has 18 heavy (non-hydrogen) atoms. The Balaban J connectivity index is 2.13. The fourth-order valence-corrected chi connectivity index (χ4v) is 1.77. The summed E-state index contributed by atoms with van der Waals surface area (Å²) >= 11 is 3.24. The molecule has 0 amide bonds. The molecule has 1 aromatic heterocycles. The number of hydrogen-bond acceptors (Lipinski definition) is 2. The van der Waals surface area contributed by atoms with Gasteiger partial charge in [0.05, 0.1) is 11.9 Å². The summed E-state index contributed by atoms with van der Waals surface area (Å²) in [6, 6.07) is 3.11. The Kier molecular flexibility index (Phi) is 3.86. The summed E-state index contributed by atoms with van der Waals surface area (Å²) in [4.78, 5) is 3.91. The van der Waals surface area contributed by atoms with Crippen LogP contribution in [-0.2, 0) is 6.54 Å². The fourth-order valence-electron chi connectivity index (χ4n) is 1.41. The number of hydrogen-bond donors (Lipinski definition) is 1. The number of nitrogens with one attached hydrogen (secondary N) is 1. The molecule has 1 aromatic carbocycles. The maximum atomic E-state index is 13.3. The Hall–Kier alpha value is -1.56. The summed E-state index contributed by atoms with van der Waals surface area (Å²) in [5, 5.41) is 2.87. The number of pyridine rings is 1.